The highest BCUT2D eigenvalue weighted by molar-refractivity contribution is 6.33. The number of rotatable bonds is 3. The first-order valence-electron chi connectivity index (χ1n) is 10.8. The Labute approximate surface area is 206 Å². The van der Waals surface area contributed by atoms with Crippen molar-refractivity contribution in [2.24, 2.45) is 0 Å². The number of carbonyl (C=O) groups is 2. The maximum Gasteiger partial charge on any atom is 0.416 e. The van der Waals surface area contributed by atoms with Crippen molar-refractivity contribution in [3.05, 3.63) is 52.5 Å². The van der Waals surface area contributed by atoms with Gasteiger partial charge in [-0.1, -0.05) is 11.6 Å². The standard InChI is InChI=1S/C24H27ClF3N3O4/c1-22(2,3)35-21(33)29-14-7-9-19-15(11-14)18(12-23(4,5)34-19)31-20(32)30-17-10-13(24(26,27)28)6-8-16(17)25/h6-11,18H,12H2,1-5H3,(H,29,33)(H2,30,31,32)/t18-/m0/s1. The summed E-state index contributed by atoms with van der Waals surface area (Å²) in [6.07, 6.45) is -4.87. The Balaban J connectivity index is 1.81. The highest BCUT2D eigenvalue weighted by Crippen LogP contribution is 2.41. The number of urea groups is 1. The van der Waals surface area contributed by atoms with Gasteiger partial charge < -0.3 is 20.1 Å². The lowest BCUT2D eigenvalue weighted by atomic mass is 9.89. The van der Waals surface area contributed by atoms with E-state index < -0.39 is 41.1 Å². The number of carbonyl (C=O) groups excluding carboxylic acids is 2. The molecule has 0 radical (unpaired) electrons. The highest BCUT2D eigenvalue weighted by Gasteiger charge is 2.35. The smallest absolute Gasteiger partial charge is 0.416 e. The van der Waals surface area contributed by atoms with E-state index >= 15 is 0 Å². The molecule has 0 spiro atoms. The first-order chi connectivity index (χ1) is 16.0. The molecule has 0 bridgehead atoms. The molecule has 11 heteroatoms. The molecule has 1 aliphatic rings. The third-order valence-electron chi connectivity index (χ3n) is 4.96. The zero-order chi connectivity index (χ0) is 26.2. The van der Waals surface area contributed by atoms with Crippen molar-refractivity contribution in [2.45, 2.75) is 64.5 Å². The summed E-state index contributed by atoms with van der Waals surface area (Å²) in [7, 11) is 0. The summed E-state index contributed by atoms with van der Waals surface area (Å²) >= 11 is 5.99. The fraction of sp³-hybridized carbons (Fsp3) is 0.417. The largest absolute Gasteiger partial charge is 0.487 e. The molecule has 2 aromatic rings. The molecule has 3 amide bonds. The zero-order valence-electron chi connectivity index (χ0n) is 19.9. The molecule has 7 nitrogen and oxygen atoms in total. The molecule has 2 aromatic carbocycles. The third kappa shape index (κ3) is 7.17. The predicted octanol–water partition coefficient (Wildman–Crippen LogP) is 7.13. The van der Waals surface area contributed by atoms with Crippen LogP contribution in [0.15, 0.2) is 36.4 Å². The number of ether oxygens (including phenoxy) is 2. The van der Waals surface area contributed by atoms with Gasteiger partial charge in [0.2, 0.25) is 0 Å². The molecule has 1 aliphatic heterocycles. The van der Waals surface area contributed by atoms with Crippen molar-refractivity contribution >= 4 is 35.1 Å². The summed E-state index contributed by atoms with van der Waals surface area (Å²) < 4.78 is 50.4. The molecule has 0 aromatic heterocycles. The molecule has 3 rings (SSSR count). The Morgan fingerprint density at radius 2 is 1.77 bits per heavy atom. The van der Waals surface area contributed by atoms with Crippen molar-refractivity contribution in [3.63, 3.8) is 0 Å². The maximum atomic E-state index is 13.1. The Morgan fingerprint density at radius 1 is 1.09 bits per heavy atom. The summed E-state index contributed by atoms with van der Waals surface area (Å²) in [6.45, 7) is 8.91. The average molecular weight is 514 g/mol. The average Bonchev–Trinajstić information content (AvgIpc) is 2.67. The van der Waals surface area contributed by atoms with Crippen LogP contribution in [0.1, 0.15) is 58.2 Å². The van der Waals surface area contributed by atoms with Gasteiger partial charge in [0.05, 0.1) is 22.3 Å². The minimum atomic E-state index is -4.58. The summed E-state index contributed by atoms with van der Waals surface area (Å²) in [4.78, 5) is 24.9. The topological polar surface area (TPSA) is 88.7 Å². The van der Waals surface area contributed by atoms with E-state index in [0.717, 1.165) is 18.2 Å². The van der Waals surface area contributed by atoms with Crippen molar-refractivity contribution < 1.29 is 32.2 Å². The van der Waals surface area contributed by atoms with E-state index in [4.69, 9.17) is 21.1 Å². The molecule has 35 heavy (non-hydrogen) atoms. The van der Waals surface area contributed by atoms with Crippen LogP contribution >= 0.6 is 11.6 Å². The number of halogens is 4. The molecule has 0 fully saturated rings. The van der Waals surface area contributed by atoms with E-state index in [-0.39, 0.29) is 10.7 Å². The van der Waals surface area contributed by atoms with Crippen molar-refractivity contribution in [1.82, 2.24) is 5.32 Å². The van der Waals surface area contributed by atoms with Crippen LogP contribution in [0.5, 0.6) is 5.75 Å². The highest BCUT2D eigenvalue weighted by atomic mass is 35.5. The number of hydrogen-bond donors (Lipinski definition) is 3. The lowest BCUT2D eigenvalue weighted by molar-refractivity contribution is -0.137. The number of amides is 3. The van der Waals surface area contributed by atoms with Crippen LogP contribution in [0.4, 0.5) is 34.1 Å². The van der Waals surface area contributed by atoms with E-state index in [0.29, 0.717) is 23.4 Å². The van der Waals surface area contributed by atoms with E-state index in [1.54, 1.807) is 39.0 Å². The second-order valence-electron chi connectivity index (χ2n) is 9.79. The molecule has 3 N–H and O–H groups in total. The van der Waals surface area contributed by atoms with Gasteiger partial charge in [0, 0.05) is 17.7 Å². The number of alkyl halides is 3. The summed E-state index contributed by atoms with van der Waals surface area (Å²) in [6, 6.07) is 6.32. The summed E-state index contributed by atoms with van der Waals surface area (Å²) in [5, 5.41) is 7.76. The van der Waals surface area contributed by atoms with E-state index in [2.05, 4.69) is 16.0 Å². The van der Waals surface area contributed by atoms with E-state index in [9.17, 15) is 22.8 Å². The Kier molecular flexibility index (Phi) is 7.17. The Bertz CT molecular complexity index is 1130. The van der Waals surface area contributed by atoms with Gasteiger partial charge in [0.1, 0.15) is 17.0 Å². The number of anilines is 2. The van der Waals surface area contributed by atoms with Gasteiger partial charge >= 0.3 is 18.3 Å². The van der Waals surface area contributed by atoms with Crippen molar-refractivity contribution in [2.75, 3.05) is 10.6 Å². The van der Waals surface area contributed by atoms with Gasteiger partial charge in [0.15, 0.2) is 0 Å². The monoisotopic (exact) mass is 513 g/mol. The second kappa shape index (κ2) is 9.49. The van der Waals surface area contributed by atoms with Gasteiger partial charge in [-0.05, 0) is 71.0 Å². The lowest BCUT2D eigenvalue weighted by Gasteiger charge is -2.38. The molecule has 190 valence electrons. The van der Waals surface area contributed by atoms with Gasteiger partial charge in [-0.3, -0.25) is 5.32 Å². The molecular formula is C24H27ClF3N3O4. The summed E-state index contributed by atoms with van der Waals surface area (Å²) in [5.74, 6) is 0.499. The zero-order valence-corrected chi connectivity index (χ0v) is 20.6. The van der Waals surface area contributed by atoms with Crippen molar-refractivity contribution in [1.29, 1.82) is 0 Å². The first-order valence-corrected chi connectivity index (χ1v) is 11.2. The summed E-state index contributed by atoms with van der Waals surface area (Å²) in [5.41, 5.74) is -1.42. The second-order valence-corrected chi connectivity index (χ2v) is 10.2. The molecule has 0 saturated heterocycles. The number of nitrogens with one attached hydrogen (secondary N) is 3. The van der Waals surface area contributed by atoms with E-state index in [1.165, 1.54) is 0 Å². The van der Waals surface area contributed by atoms with Gasteiger partial charge in [-0.2, -0.15) is 13.2 Å². The van der Waals surface area contributed by atoms with Crippen LogP contribution in [-0.4, -0.2) is 23.3 Å². The van der Waals surface area contributed by atoms with Crippen LogP contribution in [-0.2, 0) is 10.9 Å². The SMILES string of the molecule is CC(C)(C)OC(=O)Nc1ccc2c(c1)[C@@H](NC(=O)Nc1cc(C(F)(F)F)ccc1Cl)CC(C)(C)O2. The number of benzene rings is 2. The molecule has 1 atom stereocenters. The third-order valence-corrected chi connectivity index (χ3v) is 5.29. The van der Waals surface area contributed by atoms with Crippen LogP contribution in [0.25, 0.3) is 0 Å². The predicted molar refractivity (Wildman–Crippen MR) is 127 cm³/mol. The van der Waals surface area contributed by atoms with E-state index in [1.807, 2.05) is 13.8 Å². The maximum absolute atomic E-state index is 13.1. The van der Waals surface area contributed by atoms with Crippen molar-refractivity contribution in [3.8, 4) is 5.75 Å². The quantitative estimate of drug-likeness (QED) is 0.407. The lowest BCUT2D eigenvalue weighted by Crippen LogP contribution is -2.42. The number of hydrogen-bond acceptors (Lipinski definition) is 4. The Morgan fingerprint density at radius 3 is 2.40 bits per heavy atom. The van der Waals surface area contributed by atoms with Crippen LogP contribution in [0, 0.1) is 0 Å². The van der Waals surface area contributed by atoms with Gasteiger partial charge in [0.25, 0.3) is 0 Å². The minimum absolute atomic E-state index is 0.0373. The fourth-order valence-electron chi connectivity index (χ4n) is 3.60. The molecule has 0 unspecified atom stereocenters. The van der Waals surface area contributed by atoms with Crippen LogP contribution < -0.4 is 20.7 Å². The fourth-order valence-corrected chi connectivity index (χ4v) is 3.76. The van der Waals surface area contributed by atoms with Crippen LogP contribution in [0.3, 0.4) is 0 Å². The molecule has 0 saturated carbocycles. The first kappa shape index (κ1) is 26.5. The number of fused-ring (bicyclic) bond motifs is 1. The van der Waals surface area contributed by atoms with Crippen LogP contribution in [0.2, 0.25) is 5.02 Å². The molecule has 0 aliphatic carbocycles. The molecular weight excluding hydrogens is 487 g/mol. The van der Waals surface area contributed by atoms with Gasteiger partial charge in [-0.25, -0.2) is 9.59 Å². The normalized spacial score (nSPS) is 17.0. The minimum Gasteiger partial charge on any atom is -0.487 e. The van der Waals surface area contributed by atoms with Gasteiger partial charge in [-0.15, -0.1) is 0 Å². The Hall–Kier alpha value is -3.14. The molecule has 1 heterocycles.